The maximum absolute atomic E-state index is 5.15. The van der Waals surface area contributed by atoms with Crippen molar-refractivity contribution in [2.24, 2.45) is 5.41 Å². The van der Waals surface area contributed by atoms with Crippen LogP contribution in [0.5, 0.6) is 0 Å². The Morgan fingerprint density at radius 3 is 2.95 bits per heavy atom. The Morgan fingerprint density at radius 1 is 1.32 bits per heavy atom. The van der Waals surface area contributed by atoms with Crippen LogP contribution < -0.4 is 5.32 Å². The third-order valence-electron chi connectivity index (χ3n) is 3.81. The second-order valence-corrected chi connectivity index (χ2v) is 6.15. The van der Waals surface area contributed by atoms with Crippen LogP contribution in [0, 0.1) is 5.41 Å². The highest BCUT2D eigenvalue weighted by molar-refractivity contribution is 4.98. The predicted molar refractivity (Wildman–Crippen MR) is 74.9 cm³/mol. The normalized spacial score (nSPS) is 15.5. The molecule has 1 aromatic rings. The number of nitrogens with one attached hydrogen (secondary N) is 1. The second-order valence-electron chi connectivity index (χ2n) is 6.15. The van der Waals surface area contributed by atoms with Crippen LogP contribution >= 0.6 is 0 Å². The molecular weight excluding hydrogens is 240 g/mol. The summed E-state index contributed by atoms with van der Waals surface area (Å²) in [6.45, 7) is 8.19. The molecule has 0 saturated heterocycles. The van der Waals surface area contributed by atoms with Crippen LogP contribution in [0.4, 0.5) is 0 Å². The number of ether oxygens (including phenoxy) is 1. The zero-order chi connectivity index (χ0) is 13.7. The summed E-state index contributed by atoms with van der Waals surface area (Å²) in [5, 5.41) is 12.1. The zero-order valence-electron chi connectivity index (χ0n) is 12.4. The van der Waals surface area contributed by atoms with E-state index in [1.165, 1.54) is 12.8 Å². The van der Waals surface area contributed by atoms with E-state index in [9.17, 15) is 0 Å². The molecule has 0 radical (unpaired) electrons. The molecule has 1 N–H and O–H groups in total. The molecule has 1 aromatic heterocycles. The standard InChI is InChI=1S/C14H26N4O/c1-14(2,7-9-19-3)11-15-10-13-17-16-12-6-4-5-8-18(12)13/h15H,4-11H2,1-3H3. The summed E-state index contributed by atoms with van der Waals surface area (Å²) in [5.41, 5.74) is 0.251. The number of aryl methyl sites for hydroxylation is 1. The lowest BCUT2D eigenvalue weighted by Gasteiger charge is -2.24. The number of hydrogen-bond donors (Lipinski definition) is 1. The fraction of sp³-hybridized carbons (Fsp3) is 0.857. The maximum atomic E-state index is 5.15. The molecule has 0 atom stereocenters. The fourth-order valence-corrected chi connectivity index (χ4v) is 2.48. The minimum atomic E-state index is 0.251. The van der Waals surface area contributed by atoms with Gasteiger partial charge in [0.15, 0.2) is 0 Å². The summed E-state index contributed by atoms with van der Waals surface area (Å²) >= 11 is 0. The number of rotatable bonds is 7. The van der Waals surface area contributed by atoms with Gasteiger partial charge in [0.05, 0.1) is 6.54 Å². The number of hydrogen-bond acceptors (Lipinski definition) is 4. The summed E-state index contributed by atoms with van der Waals surface area (Å²) in [7, 11) is 1.76. The first-order valence-electron chi connectivity index (χ1n) is 7.23. The SMILES string of the molecule is COCCC(C)(C)CNCc1nnc2n1CCCC2. The zero-order valence-corrected chi connectivity index (χ0v) is 12.4. The van der Waals surface area contributed by atoms with Gasteiger partial charge in [-0.2, -0.15) is 0 Å². The predicted octanol–water partition coefficient (Wildman–Crippen LogP) is 1.77. The van der Waals surface area contributed by atoms with E-state index in [4.69, 9.17) is 4.74 Å². The van der Waals surface area contributed by atoms with E-state index in [0.29, 0.717) is 0 Å². The van der Waals surface area contributed by atoms with Gasteiger partial charge in [-0.25, -0.2) is 0 Å². The molecule has 0 spiro atoms. The molecule has 0 unspecified atom stereocenters. The van der Waals surface area contributed by atoms with Crippen molar-refractivity contribution in [2.75, 3.05) is 20.3 Å². The van der Waals surface area contributed by atoms with Gasteiger partial charge in [0.1, 0.15) is 11.6 Å². The molecule has 0 fully saturated rings. The molecular formula is C14H26N4O. The van der Waals surface area contributed by atoms with Crippen LogP contribution in [0.25, 0.3) is 0 Å². The van der Waals surface area contributed by atoms with Crippen molar-refractivity contribution in [1.82, 2.24) is 20.1 Å². The van der Waals surface area contributed by atoms with Crippen molar-refractivity contribution in [1.29, 1.82) is 0 Å². The Balaban J connectivity index is 1.81. The molecule has 0 aromatic carbocycles. The van der Waals surface area contributed by atoms with Crippen LogP contribution in [0.3, 0.4) is 0 Å². The first-order chi connectivity index (χ1) is 9.12. The number of nitrogens with zero attached hydrogens (tertiary/aromatic N) is 3. The molecule has 5 nitrogen and oxygen atoms in total. The summed E-state index contributed by atoms with van der Waals surface area (Å²) in [6.07, 6.45) is 4.63. The van der Waals surface area contributed by atoms with E-state index in [-0.39, 0.29) is 5.41 Å². The first-order valence-corrected chi connectivity index (χ1v) is 7.23. The quantitative estimate of drug-likeness (QED) is 0.817. The monoisotopic (exact) mass is 266 g/mol. The lowest BCUT2D eigenvalue weighted by Crippen LogP contribution is -2.31. The van der Waals surface area contributed by atoms with Gasteiger partial charge >= 0.3 is 0 Å². The van der Waals surface area contributed by atoms with Crippen molar-refractivity contribution in [3.8, 4) is 0 Å². The lowest BCUT2D eigenvalue weighted by atomic mass is 9.90. The summed E-state index contributed by atoms with van der Waals surface area (Å²) in [5.74, 6) is 2.24. The minimum absolute atomic E-state index is 0.251. The van der Waals surface area contributed by atoms with E-state index in [0.717, 1.165) is 50.7 Å². The van der Waals surface area contributed by atoms with E-state index >= 15 is 0 Å². The minimum Gasteiger partial charge on any atom is -0.385 e. The van der Waals surface area contributed by atoms with Gasteiger partial charge in [0.25, 0.3) is 0 Å². The molecule has 2 heterocycles. The van der Waals surface area contributed by atoms with Gasteiger partial charge in [-0.05, 0) is 24.7 Å². The summed E-state index contributed by atoms with van der Waals surface area (Å²) < 4.78 is 7.43. The van der Waals surface area contributed by atoms with E-state index in [1.54, 1.807) is 7.11 Å². The topological polar surface area (TPSA) is 52.0 Å². The van der Waals surface area contributed by atoms with Gasteiger partial charge in [-0.15, -0.1) is 10.2 Å². The van der Waals surface area contributed by atoms with Crippen molar-refractivity contribution in [3.63, 3.8) is 0 Å². The van der Waals surface area contributed by atoms with Crippen LogP contribution in [-0.2, 0) is 24.2 Å². The molecule has 19 heavy (non-hydrogen) atoms. The smallest absolute Gasteiger partial charge is 0.147 e. The fourth-order valence-electron chi connectivity index (χ4n) is 2.48. The third-order valence-corrected chi connectivity index (χ3v) is 3.81. The van der Waals surface area contributed by atoms with Crippen LogP contribution in [0.2, 0.25) is 0 Å². The Labute approximate surface area is 115 Å². The summed E-state index contributed by atoms with van der Waals surface area (Å²) in [6, 6.07) is 0. The average Bonchev–Trinajstić information content (AvgIpc) is 2.80. The van der Waals surface area contributed by atoms with E-state index in [2.05, 4.69) is 33.9 Å². The largest absolute Gasteiger partial charge is 0.385 e. The van der Waals surface area contributed by atoms with Crippen LogP contribution in [0.1, 0.15) is 44.8 Å². The lowest BCUT2D eigenvalue weighted by molar-refractivity contribution is 0.150. The number of fused-ring (bicyclic) bond motifs is 1. The van der Waals surface area contributed by atoms with Gasteiger partial charge in [-0.1, -0.05) is 13.8 Å². The maximum Gasteiger partial charge on any atom is 0.147 e. The first kappa shape index (κ1) is 14.5. The molecule has 2 rings (SSSR count). The van der Waals surface area contributed by atoms with E-state index in [1.807, 2.05) is 0 Å². The van der Waals surface area contributed by atoms with Gasteiger partial charge in [-0.3, -0.25) is 0 Å². The van der Waals surface area contributed by atoms with Gasteiger partial charge in [0, 0.05) is 33.2 Å². The highest BCUT2D eigenvalue weighted by atomic mass is 16.5. The third kappa shape index (κ3) is 4.01. The Bertz CT molecular complexity index is 400. The van der Waals surface area contributed by atoms with Gasteiger partial charge in [0.2, 0.25) is 0 Å². The molecule has 0 aliphatic carbocycles. The van der Waals surface area contributed by atoms with Crippen LogP contribution in [0.15, 0.2) is 0 Å². The van der Waals surface area contributed by atoms with Crippen molar-refractivity contribution < 1.29 is 4.74 Å². The van der Waals surface area contributed by atoms with Crippen molar-refractivity contribution >= 4 is 0 Å². The number of aromatic nitrogens is 3. The van der Waals surface area contributed by atoms with Crippen molar-refractivity contribution in [2.45, 2.75) is 52.6 Å². The molecule has 1 aliphatic rings. The highest BCUT2D eigenvalue weighted by Crippen LogP contribution is 2.19. The van der Waals surface area contributed by atoms with Crippen LogP contribution in [-0.4, -0.2) is 35.0 Å². The average molecular weight is 266 g/mol. The summed E-state index contributed by atoms with van der Waals surface area (Å²) in [4.78, 5) is 0. The molecule has 0 bridgehead atoms. The van der Waals surface area contributed by atoms with E-state index < -0.39 is 0 Å². The second kappa shape index (κ2) is 6.48. The van der Waals surface area contributed by atoms with Crippen molar-refractivity contribution in [3.05, 3.63) is 11.6 Å². The highest BCUT2D eigenvalue weighted by Gasteiger charge is 2.19. The molecule has 0 amide bonds. The Morgan fingerprint density at radius 2 is 2.16 bits per heavy atom. The van der Waals surface area contributed by atoms with Gasteiger partial charge < -0.3 is 14.6 Å². The molecule has 5 heteroatoms. The molecule has 0 saturated carbocycles. The number of methoxy groups -OCH3 is 1. The Hall–Kier alpha value is -0.940. The molecule has 1 aliphatic heterocycles. The Kier molecular flexibility index (Phi) is 4.93. The molecule has 108 valence electrons.